The van der Waals surface area contributed by atoms with Crippen LogP contribution < -0.4 is 5.73 Å². The molecule has 0 bridgehead atoms. The van der Waals surface area contributed by atoms with E-state index in [1.807, 2.05) is 11.8 Å². The maximum Gasteiger partial charge on any atom is 0.0470 e. The predicted molar refractivity (Wildman–Crippen MR) is 81.2 cm³/mol. The number of aryl methyl sites for hydroxylation is 1. The fraction of sp³-hybridized carbons (Fsp3) is 0.600. The minimum absolute atomic E-state index is 0.114. The second kappa shape index (κ2) is 8.57. The summed E-state index contributed by atoms with van der Waals surface area (Å²) >= 11 is 1.92. The number of hydrogen-bond donors (Lipinski definition) is 1. The molecule has 2 unspecified atom stereocenters. The van der Waals surface area contributed by atoms with Crippen LogP contribution in [-0.2, 0) is 11.2 Å². The Kier molecular flexibility index (Phi) is 7.40. The van der Waals surface area contributed by atoms with Gasteiger partial charge in [-0.25, -0.2) is 0 Å². The smallest absolute Gasteiger partial charge is 0.0470 e. The molecule has 2 atom stereocenters. The van der Waals surface area contributed by atoms with Crippen molar-refractivity contribution in [2.45, 2.75) is 38.0 Å². The molecule has 0 saturated carbocycles. The second-order valence-electron chi connectivity index (χ2n) is 4.54. The molecule has 0 saturated heterocycles. The minimum atomic E-state index is 0.114. The van der Waals surface area contributed by atoms with E-state index in [-0.39, 0.29) is 6.04 Å². The lowest BCUT2D eigenvalue weighted by atomic mass is 10.0. The van der Waals surface area contributed by atoms with E-state index in [9.17, 15) is 0 Å². The van der Waals surface area contributed by atoms with Gasteiger partial charge in [-0.2, -0.15) is 11.8 Å². The molecule has 18 heavy (non-hydrogen) atoms. The molecule has 0 aliphatic heterocycles. The molecule has 2 N–H and O–H groups in total. The highest BCUT2D eigenvalue weighted by Crippen LogP contribution is 2.25. The van der Waals surface area contributed by atoms with Crippen molar-refractivity contribution in [1.29, 1.82) is 0 Å². The third-order valence-electron chi connectivity index (χ3n) is 3.15. The van der Waals surface area contributed by atoms with Crippen molar-refractivity contribution in [2.24, 2.45) is 5.73 Å². The summed E-state index contributed by atoms with van der Waals surface area (Å²) < 4.78 is 5.05. The van der Waals surface area contributed by atoms with Gasteiger partial charge in [-0.05, 0) is 29.7 Å². The Morgan fingerprint density at radius 2 is 1.94 bits per heavy atom. The number of ether oxygens (including phenoxy) is 1. The average Bonchev–Trinajstić information content (AvgIpc) is 2.42. The molecule has 0 fully saturated rings. The molecule has 1 aromatic carbocycles. The second-order valence-corrected chi connectivity index (χ2v) is 6.03. The van der Waals surface area contributed by atoms with Gasteiger partial charge in [0.2, 0.25) is 0 Å². The first-order chi connectivity index (χ1) is 8.69. The van der Waals surface area contributed by atoms with Crippen molar-refractivity contribution >= 4 is 11.8 Å². The van der Waals surface area contributed by atoms with Crippen molar-refractivity contribution in [3.8, 4) is 0 Å². The van der Waals surface area contributed by atoms with Gasteiger partial charge in [0.05, 0.1) is 0 Å². The van der Waals surface area contributed by atoms with Gasteiger partial charge in [-0.15, -0.1) is 0 Å². The summed E-state index contributed by atoms with van der Waals surface area (Å²) in [4.78, 5) is 0. The summed E-state index contributed by atoms with van der Waals surface area (Å²) in [5, 5.41) is 0.439. The maximum atomic E-state index is 6.29. The Balaban J connectivity index is 2.43. The Labute approximate surface area is 115 Å². The summed E-state index contributed by atoms with van der Waals surface area (Å²) in [6.07, 6.45) is 2.17. The molecule has 0 spiro atoms. The number of hydrogen-bond acceptors (Lipinski definition) is 3. The van der Waals surface area contributed by atoms with Crippen molar-refractivity contribution < 1.29 is 4.74 Å². The molecule has 0 aromatic heterocycles. The van der Waals surface area contributed by atoms with Crippen LogP contribution in [0.25, 0.3) is 0 Å². The van der Waals surface area contributed by atoms with Crippen molar-refractivity contribution in [1.82, 2.24) is 0 Å². The monoisotopic (exact) mass is 267 g/mol. The average molecular weight is 267 g/mol. The van der Waals surface area contributed by atoms with Crippen LogP contribution in [0.3, 0.4) is 0 Å². The molecule has 3 heteroatoms. The van der Waals surface area contributed by atoms with E-state index in [1.165, 1.54) is 11.1 Å². The summed E-state index contributed by atoms with van der Waals surface area (Å²) in [6.45, 7) is 5.21. The Morgan fingerprint density at radius 1 is 1.28 bits per heavy atom. The maximum absolute atomic E-state index is 6.29. The molecule has 0 aliphatic carbocycles. The summed E-state index contributed by atoms with van der Waals surface area (Å²) in [5.41, 5.74) is 8.89. The SMILES string of the molecule is CCc1ccc(C(N)C(C)SCCCOC)cc1. The zero-order valence-electron chi connectivity index (χ0n) is 11.7. The number of methoxy groups -OCH3 is 1. The molecule has 1 rings (SSSR count). The fourth-order valence-corrected chi connectivity index (χ4v) is 2.84. The highest BCUT2D eigenvalue weighted by molar-refractivity contribution is 7.99. The third-order valence-corrected chi connectivity index (χ3v) is 4.50. The van der Waals surface area contributed by atoms with E-state index in [0.29, 0.717) is 5.25 Å². The molecule has 102 valence electrons. The van der Waals surface area contributed by atoms with Gasteiger partial charge >= 0.3 is 0 Å². The lowest BCUT2D eigenvalue weighted by Gasteiger charge is -2.20. The van der Waals surface area contributed by atoms with Gasteiger partial charge in [0.25, 0.3) is 0 Å². The van der Waals surface area contributed by atoms with Crippen molar-refractivity contribution in [3.63, 3.8) is 0 Å². The van der Waals surface area contributed by atoms with Gasteiger partial charge < -0.3 is 10.5 Å². The highest BCUT2D eigenvalue weighted by Gasteiger charge is 2.14. The fourth-order valence-electron chi connectivity index (χ4n) is 1.82. The van der Waals surface area contributed by atoms with E-state index in [2.05, 4.69) is 38.1 Å². The minimum Gasteiger partial charge on any atom is -0.385 e. The lowest BCUT2D eigenvalue weighted by Crippen LogP contribution is -2.21. The molecule has 0 radical (unpaired) electrons. The summed E-state index contributed by atoms with van der Waals surface area (Å²) in [7, 11) is 1.75. The van der Waals surface area contributed by atoms with Crippen LogP contribution in [-0.4, -0.2) is 24.7 Å². The number of thioether (sulfide) groups is 1. The van der Waals surface area contributed by atoms with E-state index >= 15 is 0 Å². The summed E-state index contributed by atoms with van der Waals surface area (Å²) in [5.74, 6) is 1.11. The lowest BCUT2D eigenvalue weighted by molar-refractivity contribution is 0.200. The zero-order chi connectivity index (χ0) is 13.4. The zero-order valence-corrected chi connectivity index (χ0v) is 12.5. The van der Waals surface area contributed by atoms with Crippen molar-refractivity contribution in [3.05, 3.63) is 35.4 Å². The van der Waals surface area contributed by atoms with E-state index in [0.717, 1.165) is 25.2 Å². The van der Waals surface area contributed by atoms with Gasteiger partial charge in [0.15, 0.2) is 0 Å². The van der Waals surface area contributed by atoms with Crippen LogP contribution in [0.15, 0.2) is 24.3 Å². The molecule has 0 heterocycles. The van der Waals surface area contributed by atoms with Crippen LogP contribution in [0, 0.1) is 0 Å². The molecule has 1 aromatic rings. The quantitative estimate of drug-likeness (QED) is 0.733. The van der Waals surface area contributed by atoms with Crippen LogP contribution in [0.2, 0.25) is 0 Å². The normalized spacial score (nSPS) is 14.4. The van der Waals surface area contributed by atoms with Crippen LogP contribution in [0.4, 0.5) is 0 Å². The largest absolute Gasteiger partial charge is 0.385 e. The van der Waals surface area contributed by atoms with E-state index < -0.39 is 0 Å². The van der Waals surface area contributed by atoms with Gasteiger partial charge in [-0.1, -0.05) is 38.1 Å². The van der Waals surface area contributed by atoms with E-state index in [1.54, 1.807) is 7.11 Å². The first kappa shape index (κ1) is 15.5. The first-order valence-corrected chi connectivity index (χ1v) is 7.68. The highest BCUT2D eigenvalue weighted by atomic mass is 32.2. The number of benzene rings is 1. The van der Waals surface area contributed by atoms with Crippen LogP contribution >= 0.6 is 11.8 Å². The molecular formula is C15H25NOS. The first-order valence-electron chi connectivity index (χ1n) is 6.64. The standard InChI is InChI=1S/C15H25NOS/c1-4-13-6-8-14(9-7-13)15(16)12(2)18-11-5-10-17-3/h6-9,12,15H,4-5,10-11,16H2,1-3H3. The Morgan fingerprint density at radius 3 is 2.50 bits per heavy atom. The number of nitrogens with two attached hydrogens (primary N) is 1. The van der Waals surface area contributed by atoms with Crippen molar-refractivity contribution in [2.75, 3.05) is 19.5 Å². The van der Waals surface area contributed by atoms with Gasteiger partial charge in [0, 0.05) is 25.0 Å². The Bertz CT molecular complexity index is 326. The predicted octanol–water partition coefficient (Wildman–Crippen LogP) is 3.41. The molecular weight excluding hydrogens is 242 g/mol. The van der Waals surface area contributed by atoms with E-state index in [4.69, 9.17) is 10.5 Å². The number of rotatable bonds is 8. The summed E-state index contributed by atoms with van der Waals surface area (Å²) in [6, 6.07) is 8.80. The molecule has 0 amide bonds. The van der Waals surface area contributed by atoms with Crippen LogP contribution in [0.5, 0.6) is 0 Å². The molecule has 2 nitrogen and oxygen atoms in total. The third kappa shape index (κ3) is 5.01. The molecule has 0 aliphatic rings. The topological polar surface area (TPSA) is 35.2 Å². The Hall–Kier alpha value is -0.510. The van der Waals surface area contributed by atoms with Gasteiger partial charge in [0.1, 0.15) is 0 Å². The van der Waals surface area contributed by atoms with Gasteiger partial charge in [-0.3, -0.25) is 0 Å². The van der Waals surface area contributed by atoms with Crippen LogP contribution in [0.1, 0.15) is 37.4 Å².